The molecule has 0 unspecified atom stereocenters. The van der Waals surface area contributed by atoms with E-state index < -0.39 is 0 Å². The first-order valence-corrected chi connectivity index (χ1v) is 6.78. The fraction of sp³-hybridized carbons (Fsp3) is 0.769. The molecule has 2 N–H and O–H groups in total. The molecule has 3 rings (SSSR count). The molecule has 17 heavy (non-hydrogen) atoms. The third-order valence-corrected chi connectivity index (χ3v) is 4.17. The summed E-state index contributed by atoms with van der Waals surface area (Å²) in [7, 11) is 0. The highest BCUT2D eigenvalue weighted by Crippen LogP contribution is 2.40. The van der Waals surface area contributed by atoms with E-state index in [0.29, 0.717) is 18.0 Å². The Kier molecular flexibility index (Phi) is 2.82. The maximum absolute atomic E-state index is 5.68. The van der Waals surface area contributed by atoms with Gasteiger partial charge in [0.05, 0.1) is 5.69 Å². The van der Waals surface area contributed by atoms with Gasteiger partial charge in [-0.1, -0.05) is 6.92 Å². The summed E-state index contributed by atoms with van der Waals surface area (Å²) in [5, 5.41) is 0. The summed E-state index contributed by atoms with van der Waals surface area (Å²) in [4.78, 5) is 7.06. The van der Waals surface area contributed by atoms with Crippen LogP contribution in [-0.2, 0) is 6.42 Å². The van der Waals surface area contributed by atoms with Crippen LogP contribution in [0.3, 0.4) is 0 Å². The first kappa shape index (κ1) is 11.1. The molecule has 94 valence electrons. The predicted molar refractivity (Wildman–Crippen MR) is 66.9 cm³/mol. The van der Waals surface area contributed by atoms with E-state index in [2.05, 4.69) is 16.8 Å². The molecule has 0 saturated carbocycles. The fourth-order valence-electron chi connectivity index (χ4n) is 3.52. The lowest BCUT2D eigenvalue weighted by atomic mass is 9.79. The lowest BCUT2D eigenvalue weighted by Crippen LogP contribution is -2.46. The van der Waals surface area contributed by atoms with Crippen LogP contribution in [0.5, 0.6) is 0 Å². The molecular weight excluding hydrogens is 214 g/mol. The van der Waals surface area contributed by atoms with Gasteiger partial charge in [0.15, 0.2) is 0 Å². The Hall–Kier alpha value is -1.03. The minimum atomic E-state index is 0.350. The zero-order valence-electron chi connectivity index (χ0n) is 10.5. The van der Waals surface area contributed by atoms with Crippen molar-refractivity contribution in [1.29, 1.82) is 0 Å². The van der Waals surface area contributed by atoms with E-state index in [0.717, 1.165) is 17.9 Å². The molecule has 2 aliphatic rings. The largest absolute Gasteiger partial charge is 0.429 e. The predicted octanol–water partition coefficient (Wildman–Crippen LogP) is 2.16. The normalized spacial score (nSPS) is 28.8. The number of aryl methyl sites for hydroxylation is 1. The molecule has 1 aromatic rings. The molecule has 0 bridgehead atoms. The van der Waals surface area contributed by atoms with Crippen molar-refractivity contribution >= 4 is 6.01 Å². The van der Waals surface area contributed by atoms with Crippen molar-refractivity contribution in [2.45, 2.75) is 51.0 Å². The van der Waals surface area contributed by atoms with Crippen LogP contribution in [0.2, 0.25) is 0 Å². The number of fused-ring (bicyclic) bond motifs is 3. The van der Waals surface area contributed by atoms with Crippen LogP contribution in [0.1, 0.15) is 50.0 Å². The molecule has 0 spiro atoms. The summed E-state index contributed by atoms with van der Waals surface area (Å²) >= 11 is 0. The van der Waals surface area contributed by atoms with Gasteiger partial charge in [-0.15, -0.1) is 0 Å². The van der Waals surface area contributed by atoms with E-state index in [-0.39, 0.29) is 0 Å². The topological polar surface area (TPSA) is 55.3 Å². The lowest BCUT2D eigenvalue weighted by molar-refractivity contribution is 0.108. The molecule has 1 fully saturated rings. The van der Waals surface area contributed by atoms with Gasteiger partial charge in [0.1, 0.15) is 5.76 Å². The van der Waals surface area contributed by atoms with Gasteiger partial charge in [0, 0.05) is 18.4 Å². The van der Waals surface area contributed by atoms with E-state index >= 15 is 0 Å². The van der Waals surface area contributed by atoms with Crippen LogP contribution >= 0.6 is 0 Å². The number of likely N-dealkylation sites (tertiary alicyclic amines) is 1. The second kappa shape index (κ2) is 4.33. The van der Waals surface area contributed by atoms with Crippen molar-refractivity contribution < 1.29 is 4.42 Å². The molecule has 2 heterocycles. The summed E-state index contributed by atoms with van der Waals surface area (Å²) < 4.78 is 5.50. The molecule has 0 radical (unpaired) electrons. The highest BCUT2D eigenvalue weighted by atomic mass is 16.4. The highest BCUT2D eigenvalue weighted by Gasteiger charge is 2.38. The third-order valence-electron chi connectivity index (χ3n) is 4.17. The Morgan fingerprint density at radius 1 is 1.47 bits per heavy atom. The first-order chi connectivity index (χ1) is 8.29. The quantitative estimate of drug-likeness (QED) is 0.853. The SMILES string of the molecule is CCCN1CCC[C@@H]2c3nc(N)oc3CC[C@H]21. The van der Waals surface area contributed by atoms with Crippen molar-refractivity contribution in [3.63, 3.8) is 0 Å². The van der Waals surface area contributed by atoms with Crippen molar-refractivity contribution in [2.24, 2.45) is 0 Å². The molecule has 1 aliphatic carbocycles. The number of nitrogens with zero attached hydrogens (tertiary/aromatic N) is 2. The van der Waals surface area contributed by atoms with Gasteiger partial charge in [-0.05, 0) is 38.8 Å². The van der Waals surface area contributed by atoms with Crippen LogP contribution in [0.4, 0.5) is 6.01 Å². The number of aromatic nitrogens is 1. The number of rotatable bonds is 2. The summed E-state index contributed by atoms with van der Waals surface area (Å²) in [5.41, 5.74) is 6.83. The maximum atomic E-state index is 5.68. The third kappa shape index (κ3) is 1.84. The second-order valence-corrected chi connectivity index (χ2v) is 5.25. The van der Waals surface area contributed by atoms with E-state index in [4.69, 9.17) is 10.2 Å². The van der Waals surface area contributed by atoms with Gasteiger partial charge >= 0.3 is 0 Å². The van der Waals surface area contributed by atoms with E-state index in [1.165, 1.54) is 38.8 Å². The number of hydrogen-bond acceptors (Lipinski definition) is 4. The average molecular weight is 235 g/mol. The van der Waals surface area contributed by atoms with Crippen molar-refractivity contribution in [3.8, 4) is 0 Å². The molecule has 1 aliphatic heterocycles. The van der Waals surface area contributed by atoms with E-state index in [1.807, 2.05) is 0 Å². The molecule has 2 atom stereocenters. The van der Waals surface area contributed by atoms with Gasteiger partial charge in [0.25, 0.3) is 6.01 Å². The molecular formula is C13H21N3O. The first-order valence-electron chi connectivity index (χ1n) is 6.78. The van der Waals surface area contributed by atoms with Gasteiger partial charge in [-0.25, -0.2) is 0 Å². The minimum absolute atomic E-state index is 0.350. The molecule has 1 aromatic heterocycles. The van der Waals surface area contributed by atoms with Crippen LogP contribution in [0.25, 0.3) is 0 Å². The van der Waals surface area contributed by atoms with Gasteiger partial charge in [-0.3, -0.25) is 4.90 Å². The molecule has 0 aromatic carbocycles. The van der Waals surface area contributed by atoms with Gasteiger partial charge in [-0.2, -0.15) is 4.98 Å². The smallest absolute Gasteiger partial charge is 0.292 e. The fourth-order valence-corrected chi connectivity index (χ4v) is 3.52. The Balaban J connectivity index is 1.87. The van der Waals surface area contributed by atoms with E-state index in [1.54, 1.807) is 0 Å². The maximum Gasteiger partial charge on any atom is 0.292 e. The number of piperidine rings is 1. The Morgan fingerprint density at radius 3 is 3.18 bits per heavy atom. The average Bonchev–Trinajstić information content (AvgIpc) is 2.70. The Bertz CT molecular complexity index is 399. The van der Waals surface area contributed by atoms with Crippen LogP contribution < -0.4 is 5.73 Å². The Morgan fingerprint density at radius 2 is 2.35 bits per heavy atom. The summed E-state index contributed by atoms with van der Waals surface area (Å²) in [6.07, 6.45) is 5.95. The van der Waals surface area contributed by atoms with Crippen LogP contribution in [0, 0.1) is 0 Å². The molecule has 0 amide bonds. The second-order valence-electron chi connectivity index (χ2n) is 5.25. The lowest BCUT2D eigenvalue weighted by Gasteiger charge is -2.42. The molecule has 4 heteroatoms. The standard InChI is InChI=1S/C13H21N3O/c1-2-7-16-8-3-4-9-10(16)5-6-11-12(9)15-13(14)17-11/h9-10H,2-8H2,1H3,(H2,14,15)/t9-,10+/m0/s1. The highest BCUT2D eigenvalue weighted by molar-refractivity contribution is 5.28. The van der Waals surface area contributed by atoms with Crippen molar-refractivity contribution in [3.05, 3.63) is 11.5 Å². The minimum Gasteiger partial charge on any atom is -0.429 e. The van der Waals surface area contributed by atoms with Gasteiger partial charge in [0.2, 0.25) is 0 Å². The zero-order valence-corrected chi connectivity index (χ0v) is 10.5. The monoisotopic (exact) mass is 235 g/mol. The molecule has 4 nitrogen and oxygen atoms in total. The zero-order chi connectivity index (χ0) is 11.8. The van der Waals surface area contributed by atoms with Crippen LogP contribution in [0.15, 0.2) is 4.42 Å². The summed E-state index contributed by atoms with van der Waals surface area (Å²) in [5.74, 6) is 1.60. The summed E-state index contributed by atoms with van der Waals surface area (Å²) in [6, 6.07) is 1.02. The molecule has 1 saturated heterocycles. The number of anilines is 1. The number of hydrogen-bond donors (Lipinski definition) is 1. The number of oxazole rings is 1. The summed E-state index contributed by atoms with van der Waals surface area (Å²) in [6.45, 7) is 4.72. The van der Waals surface area contributed by atoms with Crippen molar-refractivity contribution in [2.75, 3.05) is 18.8 Å². The van der Waals surface area contributed by atoms with Crippen molar-refractivity contribution in [1.82, 2.24) is 9.88 Å². The van der Waals surface area contributed by atoms with E-state index in [9.17, 15) is 0 Å². The number of nitrogens with two attached hydrogens (primary N) is 1. The van der Waals surface area contributed by atoms with Crippen LogP contribution in [-0.4, -0.2) is 29.0 Å². The Labute approximate surface area is 102 Å². The number of nitrogen functional groups attached to an aromatic ring is 1. The van der Waals surface area contributed by atoms with Gasteiger partial charge < -0.3 is 10.2 Å².